The summed E-state index contributed by atoms with van der Waals surface area (Å²) in [5.41, 5.74) is 0.502. The minimum Gasteiger partial charge on any atom is -0.481 e. The van der Waals surface area contributed by atoms with E-state index in [-0.39, 0.29) is 30.4 Å². The zero-order chi connectivity index (χ0) is 14.3. The van der Waals surface area contributed by atoms with Gasteiger partial charge in [0.25, 0.3) is 0 Å². The number of ketones is 1. The molecule has 0 bridgehead atoms. The van der Waals surface area contributed by atoms with Crippen LogP contribution in [0.1, 0.15) is 41.0 Å². The van der Waals surface area contributed by atoms with Crippen molar-refractivity contribution in [2.24, 2.45) is 11.8 Å². The number of carbonyl (C=O) groups is 3. The quantitative estimate of drug-likeness (QED) is 0.884. The van der Waals surface area contributed by atoms with Gasteiger partial charge in [0, 0.05) is 18.8 Å². The number of nitrogens with one attached hydrogen (secondary N) is 1. The highest BCUT2D eigenvalue weighted by atomic mass is 32.1. The molecular weight excluding hydrogens is 280 g/mol. The van der Waals surface area contributed by atoms with Gasteiger partial charge in [-0.3, -0.25) is 14.4 Å². The van der Waals surface area contributed by atoms with Crippen LogP contribution in [0.3, 0.4) is 0 Å². The van der Waals surface area contributed by atoms with Crippen LogP contribution in [0.2, 0.25) is 0 Å². The first-order chi connectivity index (χ1) is 9.54. The van der Waals surface area contributed by atoms with Crippen molar-refractivity contribution >= 4 is 34.1 Å². The van der Waals surface area contributed by atoms with Gasteiger partial charge in [-0.05, 0) is 12.8 Å². The van der Waals surface area contributed by atoms with Crippen molar-refractivity contribution in [2.45, 2.75) is 32.1 Å². The molecule has 0 saturated heterocycles. The van der Waals surface area contributed by atoms with E-state index in [0.29, 0.717) is 15.7 Å². The molecule has 0 radical (unpaired) electrons. The van der Waals surface area contributed by atoms with Crippen molar-refractivity contribution in [1.29, 1.82) is 0 Å². The molecule has 1 amide bonds. The lowest BCUT2D eigenvalue weighted by Gasteiger charge is -2.23. The third-order valence-electron chi connectivity index (χ3n) is 3.88. The van der Waals surface area contributed by atoms with Crippen LogP contribution >= 0.6 is 11.3 Å². The van der Waals surface area contributed by atoms with E-state index in [2.05, 4.69) is 10.3 Å². The number of carbonyl (C=O) groups excluding carboxylic acids is 2. The topological polar surface area (TPSA) is 96.4 Å². The van der Waals surface area contributed by atoms with E-state index in [1.54, 1.807) is 0 Å². The van der Waals surface area contributed by atoms with Crippen molar-refractivity contribution in [1.82, 2.24) is 4.98 Å². The van der Waals surface area contributed by atoms with Crippen LogP contribution in [0.25, 0.3) is 0 Å². The SMILES string of the molecule is O=C1C[C@H](C(=O)O)Cc2nc(NC(=O)C3CCC3)sc21. The summed E-state index contributed by atoms with van der Waals surface area (Å²) in [5, 5.41) is 12.1. The number of carboxylic acid groups (broad SMARTS) is 1. The van der Waals surface area contributed by atoms with E-state index < -0.39 is 11.9 Å². The van der Waals surface area contributed by atoms with E-state index >= 15 is 0 Å². The number of hydrogen-bond donors (Lipinski definition) is 2. The summed E-state index contributed by atoms with van der Waals surface area (Å²) in [6.45, 7) is 0. The fraction of sp³-hybridized carbons (Fsp3) is 0.538. The lowest BCUT2D eigenvalue weighted by molar-refractivity contribution is -0.141. The first-order valence-corrected chi connectivity index (χ1v) is 7.43. The average Bonchev–Trinajstić information content (AvgIpc) is 2.69. The van der Waals surface area contributed by atoms with Crippen molar-refractivity contribution in [3.63, 3.8) is 0 Å². The summed E-state index contributed by atoms with van der Waals surface area (Å²) >= 11 is 1.15. The van der Waals surface area contributed by atoms with Gasteiger partial charge in [0.05, 0.1) is 16.5 Å². The molecule has 1 heterocycles. The molecule has 0 spiro atoms. The molecule has 1 fully saturated rings. The number of aliphatic carboxylic acids is 1. The predicted octanol–water partition coefficient (Wildman–Crippen LogP) is 1.71. The van der Waals surface area contributed by atoms with Crippen molar-refractivity contribution < 1.29 is 19.5 Å². The smallest absolute Gasteiger partial charge is 0.307 e. The number of carboxylic acids is 1. The van der Waals surface area contributed by atoms with E-state index in [0.717, 1.165) is 30.6 Å². The Balaban J connectivity index is 1.76. The third kappa shape index (κ3) is 2.33. The highest BCUT2D eigenvalue weighted by Gasteiger charge is 2.33. The molecular formula is C13H14N2O4S. The number of aromatic nitrogens is 1. The minimum absolute atomic E-state index is 0.0144. The third-order valence-corrected chi connectivity index (χ3v) is 4.93. The second-order valence-corrected chi connectivity index (χ2v) is 6.28. The number of Topliss-reactive ketones (excluding diaryl/α,β-unsaturated/α-hetero) is 1. The van der Waals surface area contributed by atoms with Crippen LogP contribution in [0.15, 0.2) is 0 Å². The van der Waals surface area contributed by atoms with Crippen LogP contribution in [-0.4, -0.2) is 27.8 Å². The Labute approximate surface area is 119 Å². The second kappa shape index (κ2) is 4.97. The maximum Gasteiger partial charge on any atom is 0.307 e. The maximum absolute atomic E-state index is 11.9. The Kier molecular flexibility index (Phi) is 3.29. The van der Waals surface area contributed by atoms with Gasteiger partial charge < -0.3 is 10.4 Å². The predicted molar refractivity (Wildman–Crippen MR) is 71.9 cm³/mol. The van der Waals surface area contributed by atoms with Crippen molar-refractivity contribution in [3.05, 3.63) is 10.6 Å². The van der Waals surface area contributed by atoms with E-state index in [1.165, 1.54) is 0 Å². The van der Waals surface area contributed by atoms with Crippen molar-refractivity contribution in [3.8, 4) is 0 Å². The van der Waals surface area contributed by atoms with Crippen molar-refractivity contribution in [2.75, 3.05) is 5.32 Å². The van der Waals surface area contributed by atoms with Gasteiger partial charge in [0.1, 0.15) is 0 Å². The number of nitrogens with zero attached hydrogens (tertiary/aromatic N) is 1. The Morgan fingerprint density at radius 1 is 1.25 bits per heavy atom. The zero-order valence-corrected chi connectivity index (χ0v) is 11.5. The van der Waals surface area contributed by atoms with Gasteiger partial charge in [0.2, 0.25) is 5.91 Å². The Morgan fingerprint density at radius 3 is 2.60 bits per heavy atom. The molecule has 1 aromatic heterocycles. The van der Waals surface area contributed by atoms with Gasteiger partial charge in [0.15, 0.2) is 10.9 Å². The Bertz CT molecular complexity index is 591. The summed E-state index contributed by atoms with van der Waals surface area (Å²) in [7, 11) is 0. The fourth-order valence-corrected chi connectivity index (χ4v) is 3.38. The summed E-state index contributed by atoms with van der Waals surface area (Å²) in [6, 6.07) is 0. The normalized spacial score (nSPS) is 22.0. The molecule has 2 N–H and O–H groups in total. The van der Waals surface area contributed by atoms with E-state index in [9.17, 15) is 14.4 Å². The van der Waals surface area contributed by atoms with Crippen LogP contribution in [0, 0.1) is 11.8 Å². The molecule has 3 rings (SSSR count). The van der Waals surface area contributed by atoms with Gasteiger partial charge >= 0.3 is 5.97 Å². The summed E-state index contributed by atoms with van der Waals surface area (Å²) in [6.07, 6.45) is 3.14. The van der Waals surface area contributed by atoms with Gasteiger partial charge in [-0.1, -0.05) is 17.8 Å². The number of rotatable bonds is 3. The lowest BCUT2D eigenvalue weighted by atomic mass is 9.85. The molecule has 7 heteroatoms. The van der Waals surface area contributed by atoms with Crippen LogP contribution in [-0.2, 0) is 16.0 Å². The number of amides is 1. The molecule has 2 aliphatic carbocycles. The van der Waals surface area contributed by atoms with Gasteiger partial charge in [-0.15, -0.1) is 0 Å². The molecule has 1 aromatic rings. The fourth-order valence-electron chi connectivity index (χ4n) is 2.44. The molecule has 6 nitrogen and oxygen atoms in total. The largest absolute Gasteiger partial charge is 0.481 e. The van der Waals surface area contributed by atoms with Crippen LogP contribution in [0.4, 0.5) is 5.13 Å². The van der Waals surface area contributed by atoms with E-state index in [4.69, 9.17) is 5.11 Å². The highest BCUT2D eigenvalue weighted by molar-refractivity contribution is 7.17. The summed E-state index contributed by atoms with van der Waals surface area (Å²) in [4.78, 5) is 39.4. The molecule has 1 atom stereocenters. The minimum atomic E-state index is -0.975. The number of anilines is 1. The van der Waals surface area contributed by atoms with Gasteiger partial charge in [-0.25, -0.2) is 4.98 Å². The number of thiazole rings is 1. The molecule has 20 heavy (non-hydrogen) atoms. The molecule has 1 saturated carbocycles. The van der Waals surface area contributed by atoms with Gasteiger partial charge in [-0.2, -0.15) is 0 Å². The van der Waals surface area contributed by atoms with Crippen LogP contribution < -0.4 is 5.32 Å². The standard InChI is InChI=1S/C13H14N2O4S/c16-9-5-7(12(18)19)4-8-10(9)20-13(14-8)15-11(17)6-2-1-3-6/h6-7H,1-5H2,(H,18,19)(H,14,15,17)/t7-/m1/s1. The van der Waals surface area contributed by atoms with E-state index in [1.807, 2.05) is 0 Å². The monoisotopic (exact) mass is 294 g/mol. The summed E-state index contributed by atoms with van der Waals surface area (Å²) < 4.78 is 0. The maximum atomic E-state index is 11.9. The second-order valence-electron chi connectivity index (χ2n) is 5.28. The molecule has 2 aliphatic rings. The van der Waals surface area contributed by atoms with Crippen LogP contribution in [0.5, 0.6) is 0 Å². The highest BCUT2D eigenvalue weighted by Crippen LogP contribution is 2.33. The first-order valence-electron chi connectivity index (χ1n) is 6.61. The average molecular weight is 294 g/mol. The number of hydrogen-bond acceptors (Lipinski definition) is 5. The zero-order valence-electron chi connectivity index (χ0n) is 10.7. The molecule has 0 unspecified atom stereocenters. The molecule has 0 aliphatic heterocycles. The Morgan fingerprint density at radius 2 is 2.00 bits per heavy atom. The first kappa shape index (κ1) is 13.2. The molecule has 106 valence electrons. The lowest BCUT2D eigenvalue weighted by Crippen LogP contribution is -2.28. The summed E-state index contributed by atoms with van der Waals surface area (Å²) in [5.74, 6) is -1.87. The number of fused-ring (bicyclic) bond motifs is 1. The Hall–Kier alpha value is -1.76. The molecule has 0 aromatic carbocycles.